The van der Waals surface area contributed by atoms with E-state index in [0.29, 0.717) is 13.0 Å². The van der Waals surface area contributed by atoms with Crippen molar-refractivity contribution in [3.63, 3.8) is 0 Å². The molecule has 0 atom stereocenters. The molecule has 2 N–H and O–H groups in total. The lowest BCUT2D eigenvalue weighted by molar-refractivity contribution is 0.288. The topological polar surface area (TPSA) is 53.7 Å². The predicted octanol–water partition coefficient (Wildman–Crippen LogP) is 1.60. The first kappa shape index (κ1) is 7.01. The smallest absolute Gasteiger partial charge is 0.203 e. The highest BCUT2D eigenvalue weighted by molar-refractivity contribution is 5.53. The van der Waals surface area contributed by atoms with Crippen LogP contribution in [0.3, 0.4) is 0 Å². The summed E-state index contributed by atoms with van der Waals surface area (Å²) in [5.41, 5.74) is 6.31. The largest absolute Gasteiger partial charge is 0.493 e. The summed E-state index contributed by atoms with van der Waals surface area (Å²) < 4.78 is 51.9. The van der Waals surface area contributed by atoms with Gasteiger partial charge in [-0.15, -0.1) is 0 Å². The van der Waals surface area contributed by atoms with E-state index in [9.17, 15) is 0 Å². The molecule has 0 bridgehead atoms. The average Bonchev–Trinajstić information content (AvgIpc) is 2.38. The van der Waals surface area contributed by atoms with Crippen molar-refractivity contribution in [3.05, 3.63) is 17.7 Å². The number of methoxy groups -OCH3 is 2. The zero-order valence-electron chi connectivity index (χ0n) is 14.4. The normalized spacial score (nSPS) is 16.3. The van der Waals surface area contributed by atoms with E-state index >= 15 is 0 Å². The molecule has 0 heterocycles. The van der Waals surface area contributed by atoms with Crippen molar-refractivity contribution < 1.29 is 21.1 Å². The third-order valence-corrected chi connectivity index (χ3v) is 2.11. The molecule has 4 nitrogen and oxygen atoms in total. The van der Waals surface area contributed by atoms with Crippen LogP contribution in [0.2, 0.25) is 0 Å². The van der Waals surface area contributed by atoms with Crippen LogP contribution in [0.1, 0.15) is 19.3 Å². The van der Waals surface area contributed by atoms with Crippen molar-refractivity contribution in [3.8, 4) is 17.2 Å². The first-order valence-corrected chi connectivity index (χ1v) is 4.80. The van der Waals surface area contributed by atoms with Gasteiger partial charge < -0.3 is 19.9 Å². The third kappa shape index (κ3) is 2.79. The number of nitrogens with two attached hydrogens (primary N) is 1. The molecule has 0 aliphatic rings. The van der Waals surface area contributed by atoms with Gasteiger partial charge in [-0.3, -0.25) is 0 Å². The summed E-state index contributed by atoms with van der Waals surface area (Å²) >= 11 is 0. The van der Waals surface area contributed by atoms with Gasteiger partial charge in [0.2, 0.25) is 5.75 Å². The Morgan fingerprint density at radius 1 is 1.31 bits per heavy atom. The van der Waals surface area contributed by atoms with E-state index in [0.717, 1.165) is 5.56 Å². The van der Waals surface area contributed by atoms with Crippen molar-refractivity contribution in [1.29, 1.82) is 0 Å². The van der Waals surface area contributed by atoms with Crippen molar-refractivity contribution in [2.45, 2.75) is 13.3 Å². The second-order valence-corrected chi connectivity index (χ2v) is 3.07. The van der Waals surface area contributed by atoms with Crippen LogP contribution in [-0.2, 0) is 6.42 Å². The molecule has 1 rings (SSSR count). The fraction of sp³-hybridized carbons (Fsp3) is 0.500. The predicted molar refractivity (Wildman–Crippen MR) is 63.5 cm³/mol. The minimum Gasteiger partial charge on any atom is -0.493 e. The minimum absolute atomic E-state index is 0.0955. The quantitative estimate of drug-likeness (QED) is 0.806. The van der Waals surface area contributed by atoms with E-state index in [2.05, 4.69) is 0 Å². The van der Waals surface area contributed by atoms with Crippen molar-refractivity contribution in [2.75, 3.05) is 27.3 Å². The van der Waals surface area contributed by atoms with Crippen LogP contribution in [0.5, 0.6) is 17.2 Å². The fourth-order valence-corrected chi connectivity index (χ4v) is 1.40. The fourth-order valence-electron chi connectivity index (χ4n) is 1.40. The number of hydrogen-bond acceptors (Lipinski definition) is 4. The molecular formula is C12H19NO3. The Morgan fingerprint density at radius 2 is 1.94 bits per heavy atom. The highest BCUT2D eigenvalue weighted by Gasteiger charge is 2.13. The van der Waals surface area contributed by atoms with Gasteiger partial charge in [-0.1, -0.05) is 0 Å². The monoisotopic (exact) mass is 230 g/mol. The Balaban J connectivity index is 3.28. The number of ether oxygens (including phenoxy) is 3. The van der Waals surface area contributed by atoms with E-state index < -0.39 is 13.4 Å². The molecule has 1 aromatic carbocycles. The summed E-state index contributed by atoms with van der Waals surface area (Å²) in [5.74, 6) is 0.277. The summed E-state index contributed by atoms with van der Waals surface area (Å²) in [6.45, 7) is -5.40. The number of benzene rings is 1. The standard InChI is InChI=1S/C12H19NO3/c1-4-16-12-10(14-2)7-9(5-6-13)8-11(12)15-3/h7-8H,4-6,13H2,1-3H3/i1D3,4D2. The van der Waals surface area contributed by atoms with E-state index in [1.54, 1.807) is 12.1 Å². The highest BCUT2D eigenvalue weighted by atomic mass is 16.5. The maximum Gasteiger partial charge on any atom is 0.203 e. The van der Waals surface area contributed by atoms with Gasteiger partial charge in [-0.2, -0.15) is 0 Å². The Labute approximate surface area is 103 Å². The van der Waals surface area contributed by atoms with E-state index in [-0.39, 0.29) is 17.2 Å². The average molecular weight is 230 g/mol. The van der Waals surface area contributed by atoms with Gasteiger partial charge in [0.25, 0.3) is 0 Å². The SMILES string of the molecule is [2H]C([2H])([2H])C([2H])([2H])Oc1c(OC)cc(CCN)cc1OC. The summed E-state index contributed by atoms with van der Waals surface area (Å²) in [7, 11) is 2.75. The van der Waals surface area contributed by atoms with E-state index in [1.165, 1.54) is 14.2 Å². The van der Waals surface area contributed by atoms with Gasteiger partial charge >= 0.3 is 0 Å². The zero-order valence-corrected chi connectivity index (χ0v) is 9.37. The lowest BCUT2D eigenvalue weighted by Crippen LogP contribution is -2.05. The second-order valence-electron chi connectivity index (χ2n) is 3.07. The Hall–Kier alpha value is -1.42. The molecule has 90 valence electrons. The molecule has 16 heavy (non-hydrogen) atoms. The van der Waals surface area contributed by atoms with Crippen LogP contribution < -0.4 is 19.9 Å². The van der Waals surface area contributed by atoms with Crippen LogP contribution in [0.15, 0.2) is 12.1 Å². The van der Waals surface area contributed by atoms with Crippen molar-refractivity contribution in [1.82, 2.24) is 0 Å². The Morgan fingerprint density at radius 3 is 2.38 bits per heavy atom. The van der Waals surface area contributed by atoms with Gasteiger partial charge in [0.05, 0.1) is 23.5 Å². The molecule has 4 heteroatoms. The first-order valence-electron chi connectivity index (χ1n) is 7.30. The van der Waals surface area contributed by atoms with Gasteiger partial charge in [-0.25, -0.2) is 0 Å². The molecule has 0 aliphatic heterocycles. The van der Waals surface area contributed by atoms with Gasteiger partial charge in [0.1, 0.15) is 0 Å². The number of hydrogen-bond donors (Lipinski definition) is 1. The molecule has 0 unspecified atom stereocenters. The number of rotatable bonds is 6. The maximum absolute atomic E-state index is 7.54. The molecule has 0 fully saturated rings. The summed E-state index contributed by atoms with van der Waals surface area (Å²) in [6.07, 6.45) is 0.569. The maximum atomic E-state index is 7.54. The van der Waals surface area contributed by atoms with Gasteiger partial charge in [0.15, 0.2) is 11.5 Å². The summed E-state index contributed by atoms with van der Waals surface area (Å²) in [5, 5.41) is 0. The lowest BCUT2D eigenvalue weighted by Gasteiger charge is -2.15. The van der Waals surface area contributed by atoms with Crippen molar-refractivity contribution >= 4 is 0 Å². The van der Waals surface area contributed by atoms with Crippen molar-refractivity contribution in [2.24, 2.45) is 5.73 Å². The molecule has 0 aliphatic carbocycles. The molecule has 0 radical (unpaired) electrons. The first-order chi connectivity index (χ1) is 9.66. The molecular weight excluding hydrogens is 206 g/mol. The minimum atomic E-state index is -2.95. The van der Waals surface area contributed by atoms with Crippen LogP contribution in [0, 0.1) is 0 Å². The zero-order chi connectivity index (χ0) is 16.3. The Bertz CT molecular complexity index is 465. The second kappa shape index (κ2) is 6.23. The molecule has 1 aromatic rings. The molecule has 0 saturated heterocycles. The van der Waals surface area contributed by atoms with Crippen LogP contribution >= 0.6 is 0 Å². The lowest BCUT2D eigenvalue weighted by atomic mass is 10.1. The molecule has 0 spiro atoms. The molecule has 0 saturated carbocycles. The highest BCUT2D eigenvalue weighted by Crippen LogP contribution is 2.38. The van der Waals surface area contributed by atoms with E-state index in [4.69, 9.17) is 26.8 Å². The summed E-state index contributed by atoms with van der Waals surface area (Å²) in [6, 6.07) is 3.22. The van der Waals surface area contributed by atoms with Crippen LogP contribution in [0.4, 0.5) is 0 Å². The van der Waals surface area contributed by atoms with Crippen LogP contribution in [0.25, 0.3) is 0 Å². The van der Waals surface area contributed by atoms with E-state index in [1.807, 2.05) is 0 Å². The molecule has 0 amide bonds. The summed E-state index contributed by atoms with van der Waals surface area (Å²) in [4.78, 5) is 0. The van der Waals surface area contributed by atoms with Gasteiger partial charge in [0, 0.05) is 4.11 Å². The van der Waals surface area contributed by atoms with Gasteiger partial charge in [-0.05, 0) is 37.5 Å². The molecule has 0 aromatic heterocycles. The van der Waals surface area contributed by atoms with Crippen LogP contribution in [-0.4, -0.2) is 27.3 Å². The third-order valence-electron chi connectivity index (χ3n) is 2.11. The Kier molecular flexibility index (Phi) is 2.73.